The average molecular weight is 206 g/mol. The minimum Gasteiger partial charge on any atom is -0.508 e. The number of carbonyl (C=O) groups excluding carboxylic acids is 1. The molecule has 0 radical (unpaired) electrons. The second kappa shape index (κ2) is 5.20. The zero-order chi connectivity index (χ0) is 11.3. The Kier molecular flexibility index (Phi) is 3.92. The third-order valence-electron chi connectivity index (χ3n) is 2.20. The van der Waals surface area contributed by atoms with E-state index in [0.717, 1.165) is 5.56 Å². The predicted octanol–water partition coefficient (Wildman–Crippen LogP) is 2.22. The van der Waals surface area contributed by atoms with Gasteiger partial charge in [-0.1, -0.05) is 18.2 Å². The van der Waals surface area contributed by atoms with E-state index in [9.17, 15) is 9.90 Å². The molecule has 80 valence electrons. The van der Waals surface area contributed by atoms with Crippen LogP contribution in [0.5, 0.6) is 5.75 Å². The van der Waals surface area contributed by atoms with Crippen LogP contribution in [0.4, 0.5) is 0 Å². The van der Waals surface area contributed by atoms with E-state index in [1.807, 2.05) is 6.07 Å². The van der Waals surface area contributed by atoms with Crippen molar-refractivity contribution in [1.29, 1.82) is 0 Å². The van der Waals surface area contributed by atoms with Crippen LogP contribution >= 0.6 is 0 Å². The van der Waals surface area contributed by atoms with Crippen molar-refractivity contribution < 1.29 is 14.6 Å². The highest BCUT2D eigenvalue weighted by molar-refractivity contribution is 5.70. The number of benzene rings is 1. The van der Waals surface area contributed by atoms with Crippen LogP contribution in [-0.2, 0) is 9.53 Å². The van der Waals surface area contributed by atoms with Crippen molar-refractivity contribution in [3.05, 3.63) is 42.5 Å². The van der Waals surface area contributed by atoms with Crippen molar-refractivity contribution in [2.45, 2.75) is 12.3 Å². The number of hydrogen-bond donors (Lipinski definition) is 1. The van der Waals surface area contributed by atoms with Crippen LogP contribution in [0.2, 0.25) is 0 Å². The molecule has 0 heterocycles. The predicted molar refractivity (Wildman–Crippen MR) is 57.7 cm³/mol. The molecule has 0 saturated carbocycles. The van der Waals surface area contributed by atoms with Crippen molar-refractivity contribution >= 4 is 5.97 Å². The maximum atomic E-state index is 11.1. The second-order valence-electron chi connectivity index (χ2n) is 3.22. The Morgan fingerprint density at radius 2 is 2.40 bits per heavy atom. The van der Waals surface area contributed by atoms with Crippen LogP contribution in [0.15, 0.2) is 36.9 Å². The van der Waals surface area contributed by atoms with Gasteiger partial charge in [0.2, 0.25) is 0 Å². The lowest BCUT2D eigenvalue weighted by Crippen LogP contribution is -2.06. The molecule has 0 unspecified atom stereocenters. The van der Waals surface area contributed by atoms with Gasteiger partial charge in [0.05, 0.1) is 13.5 Å². The average Bonchev–Trinajstić information content (AvgIpc) is 2.25. The van der Waals surface area contributed by atoms with Crippen molar-refractivity contribution in [1.82, 2.24) is 0 Å². The lowest BCUT2D eigenvalue weighted by molar-refractivity contribution is -0.140. The zero-order valence-corrected chi connectivity index (χ0v) is 8.64. The van der Waals surface area contributed by atoms with Gasteiger partial charge >= 0.3 is 5.97 Å². The number of allylic oxidation sites excluding steroid dienone is 1. The van der Waals surface area contributed by atoms with Gasteiger partial charge < -0.3 is 9.84 Å². The molecule has 15 heavy (non-hydrogen) atoms. The van der Waals surface area contributed by atoms with Gasteiger partial charge in [-0.2, -0.15) is 0 Å². The fourth-order valence-electron chi connectivity index (χ4n) is 1.36. The maximum absolute atomic E-state index is 11.1. The molecule has 0 aliphatic carbocycles. The van der Waals surface area contributed by atoms with E-state index in [1.165, 1.54) is 7.11 Å². The van der Waals surface area contributed by atoms with Crippen LogP contribution in [-0.4, -0.2) is 18.2 Å². The van der Waals surface area contributed by atoms with Gasteiger partial charge in [-0.15, -0.1) is 6.58 Å². The lowest BCUT2D eigenvalue weighted by atomic mass is 9.96. The fraction of sp³-hybridized carbons (Fsp3) is 0.250. The SMILES string of the molecule is C=C[C@@H](CC(=O)OC)c1cccc(O)c1. The highest BCUT2D eigenvalue weighted by Crippen LogP contribution is 2.24. The summed E-state index contributed by atoms with van der Waals surface area (Å²) in [6.45, 7) is 3.67. The summed E-state index contributed by atoms with van der Waals surface area (Å²) in [7, 11) is 1.35. The normalized spacial score (nSPS) is 11.8. The van der Waals surface area contributed by atoms with Crippen LogP contribution < -0.4 is 0 Å². The first-order chi connectivity index (χ1) is 7.17. The zero-order valence-electron chi connectivity index (χ0n) is 8.64. The molecule has 0 aromatic heterocycles. The van der Waals surface area contributed by atoms with Crippen LogP contribution in [0, 0.1) is 0 Å². The number of phenols is 1. The molecule has 0 bridgehead atoms. The van der Waals surface area contributed by atoms with Crippen molar-refractivity contribution in [2.24, 2.45) is 0 Å². The lowest BCUT2D eigenvalue weighted by Gasteiger charge is -2.11. The van der Waals surface area contributed by atoms with E-state index < -0.39 is 0 Å². The number of aromatic hydroxyl groups is 1. The Morgan fingerprint density at radius 3 is 2.93 bits per heavy atom. The summed E-state index contributed by atoms with van der Waals surface area (Å²) < 4.78 is 4.59. The van der Waals surface area contributed by atoms with Gasteiger partial charge in [-0.3, -0.25) is 4.79 Å². The molecule has 3 heteroatoms. The summed E-state index contributed by atoms with van der Waals surface area (Å²) in [5, 5.41) is 9.30. The molecule has 0 saturated heterocycles. The molecule has 0 amide bonds. The summed E-state index contributed by atoms with van der Waals surface area (Å²) in [6, 6.07) is 6.78. The first kappa shape index (κ1) is 11.3. The second-order valence-corrected chi connectivity index (χ2v) is 3.22. The van der Waals surface area contributed by atoms with Gasteiger partial charge in [0.1, 0.15) is 5.75 Å². The van der Waals surface area contributed by atoms with Gasteiger partial charge in [0.25, 0.3) is 0 Å². The molecule has 1 rings (SSSR count). The van der Waals surface area contributed by atoms with Crippen molar-refractivity contribution in [3.8, 4) is 5.75 Å². The molecule has 1 aromatic carbocycles. The quantitative estimate of drug-likeness (QED) is 0.607. The highest BCUT2D eigenvalue weighted by Gasteiger charge is 2.13. The Morgan fingerprint density at radius 1 is 1.67 bits per heavy atom. The number of esters is 1. The van der Waals surface area contributed by atoms with Gasteiger partial charge in [0, 0.05) is 5.92 Å². The summed E-state index contributed by atoms with van der Waals surface area (Å²) >= 11 is 0. The van der Waals surface area contributed by atoms with E-state index in [1.54, 1.807) is 24.3 Å². The minimum absolute atomic E-state index is 0.121. The number of phenolic OH excluding ortho intramolecular Hbond substituents is 1. The standard InChI is InChI=1S/C12H14O3/c1-3-9(8-12(14)15-2)10-5-4-6-11(13)7-10/h3-7,9,13H,1,8H2,2H3/t9-/m0/s1. The third kappa shape index (κ3) is 3.13. The van der Waals surface area contributed by atoms with Crippen molar-refractivity contribution in [2.75, 3.05) is 7.11 Å². The molecule has 0 aliphatic heterocycles. The van der Waals surface area contributed by atoms with Gasteiger partial charge in [-0.05, 0) is 17.7 Å². The van der Waals surface area contributed by atoms with E-state index >= 15 is 0 Å². The molecular weight excluding hydrogens is 192 g/mol. The topological polar surface area (TPSA) is 46.5 Å². The summed E-state index contributed by atoms with van der Waals surface area (Å²) in [4.78, 5) is 11.1. The molecule has 0 aliphatic rings. The number of carbonyl (C=O) groups is 1. The molecular formula is C12H14O3. The number of methoxy groups -OCH3 is 1. The highest BCUT2D eigenvalue weighted by atomic mass is 16.5. The summed E-state index contributed by atoms with van der Waals surface area (Å²) in [5.41, 5.74) is 0.857. The Hall–Kier alpha value is -1.77. The van der Waals surface area contributed by atoms with E-state index in [2.05, 4.69) is 11.3 Å². The molecule has 1 atom stereocenters. The third-order valence-corrected chi connectivity index (χ3v) is 2.20. The van der Waals surface area contributed by atoms with Crippen molar-refractivity contribution in [3.63, 3.8) is 0 Å². The number of ether oxygens (including phenoxy) is 1. The first-order valence-electron chi connectivity index (χ1n) is 4.65. The molecule has 3 nitrogen and oxygen atoms in total. The fourth-order valence-corrected chi connectivity index (χ4v) is 1.36. The largest absolute Gasteiger partial charge is 0.508 e. The number of hydrogen-bond acceptors (Lipinski definition) is 3. The first-order valence-corrected chi connectivity index (χ1v) is 4.65. The summed E-state index contributed by atoms with van der Waals surface area (Å²) in [6.07, 6.45) is 1.91. The van der Waals surface area contributed by atoms with E-state index in [-0.39, 0.29) is 24.1 Å². The Bertz CT molecular complexity index is 358. The Balaban J connectivity index is 2.83. The van der Waals surface area contributed by atoms with Gasteiger partial charge in [-0.25, -0.2) is 0 Å². The minimum atomic E-state index is -0.289. The molecule has 1 N–H and O–H groups in total. The van der Waals surface area contributed by atoms with Crippen LogP contribution in [0.3, 0.4) is 0 Å². The Labute approximate surface area is 89.0 Å². The van der Waals surface area contributed by atoms with E-state index in [4.69, 9.17) is 0 Å². The summed E-state index contributed by atoms with van der Waals surface area (Å²) in [5.74, 6) is -0.225. The molecule has 1 aromatic rings. The molecule has 0 fully saturated rings. The smallest absolute Gasteiger partial charge is 0.306 e. The van der Waals surface area contributed by atoms with E-state index in [0.29, 0.717) is 0 Å². The van der Waals surface area contributed by atoms with Crippen LogP contribution in [0.1, 0.15) is 17.9 Å². The molecule has 0 spiro atoms. The van der Waals surface area contributed by atoms with Crippen LogP contribution in [0.25, 0.3) is 0 Å². The maximum Gasteiger partial charge on any atom is 0.306 e. The monoisotopic (exact) mass is 206 g/mol. The van der Waals surface area contributed by atoms with Gasteiger partial charge in [0.15, 0.2) is 0 Å². The number of rotatable bonds is 4.